The van der Waals surface area contributed by atoms with Gasteiger partial charge in [0.05, 0.1) is 12.2 Å². The first-order valence-electron chi connectivity index (χ1n) is 4.91. The van der Waals surface area contributed by atoms with Crippen LogP contribution in [0.4, 0.5) is 0 Å². The number of methoxy groups -OCH3 is 1. The number of thioether (sulfide) groups is 1. The third kappa shape index (κ3) is 2.75. The van der Waals surface area contributed by atoms with E-state index in [-0.39, 0.29) is 0 Å². The van der Waals surface area contributed by atoms with Crippen LogP contribution in [0.5, 0.6) is 5.75 Å². The molecule has 0 spiro atoms. The quantitative estimate of drug-likeness (QED) is 0.628. The first-order valence-corrected chi connectivity index (χ1v) is 6.13. The molecule has 2 nitrogen and oxygen atoms in total. The summed E-state index contributed by atoms with van der Waals surface area (Å²) in [4.78, 5) is 0. The molecule has 0 atom stereocenters. The Labute approximate surface area is 95.5 Å². The van der Waals surface area contributed by atoms with E-state index in [1.165, 1.54) is 17.3 Å². The van der Waals surface area contributed by atoms with Gasteiger partial charge in [-0.15, -0.1) is 11.8 Å². The molecule has 0 fully saturated rings. The average Bonchev–Trinajstić information content (AvgIpc) is 2.27. The highest BCUT2D eigenvalue weighted by atomic mass is 32.2. The highest BCUT2D eigenvalue weighted by Crippen LogP contribution is 2.26. The SMILES string of the molecule is COc1ccc(C(C)C)cc1C(=N)SC. The number of hydrogen-bond donors (Lipinski definition) is 1. The normalized spacial score (nSPS) is 10.5. The zero-order chi connectivity index (χ0) is 11.4. The van der Waals surface area contributed by atoms with Gasteiger partial charge < -0.3 is 4.74 Å². The largest absolute Gasteiger partial charge is 0.496 e. The van der Waals surface area contributed by atoms with Gasteiger partial charge >= 0.3 is 0 Å². The van der Waals surface area contributed by atoms with Crippen LogP contribution in [0.3, 0.4) is 0 Å². The topological polar surface area (TPSA) is 33.1 Å². The zero-order valence-corrected chi connectivity index (χ0v) is 10.4. The standard InChI is InChI=1S/C12H17NOS/c1-8(2)9-5-6-11(14-3)10(7-9)12(13)15-4/h5-8,13H,1-4H3. The smallest absolute Gasteiger partial charge is 0.128 e. The molecule has 1 aromatic carbocycles. The van der Waals surface area contributed by atoms with Gasteiger partial charge in [0.2, 0.25) is 0 Å². The van der Waals surface area contributed by atoms with Gasteiger partial charge in [0.25, 0.3) is 0 Å². The van der Waals surface area contributed by atoms with Crippen LogP contribution in [0.25, 0.3) is 0 Å². The molecule has 0 bridgehead atoms. The van der Waals surface area contributed by atoms with Crippen molar-refractivity contribution in [2.45, 2.75) is 19.8 Å². The molecule has 15 heavy (non-hydrogen) atoms. The van der Waals surface area contributed by atoms with Crippen LogP contribution >= 0.6 is 11.8 Å². The molecule has 0 aliphatic rings. The summed E-state index contributed by atoms with van der Waals surface area (Å²) in [6.07, 6.45) is 1.91. The van der Waals surface area contributed by atoms with E-state index in [0.717, 1.165) is 11.3 Å². The van der Waals surface area contributed by atoms with E-state index in [9.17, 15) is 0 Å². The Bertz CT molecular complexity index is 361. The monoisotopic (exact) mass is 223 g/mol. The van der Waals surface area contributed by atoms with Gasteiger partial charge in [0, 0.05) is 5.56 Å². The van der Waals surface area contributed by atoms with Crippen molar-refractivity contribution in [1.82, 2.24) is 0 Å². The van der Waals surface area contributed by atoms with Gasteiger partial charge in [-0.05, 0) is 29.9 Å². The Morgan fingerprint density at radius 3 is 2.53 bits per heavy atom. The van der Waals surface area contributed by atoms with Crippen LogP contribution in [0.15, 0.2) is 18.2 Å². The van der Waals surface area contributed by atoms with E-state index in [1.807, 2.05) is 18.4 Å². The first kappa shape index (κ1) is 12.1. The van der Waals surface area contributed by atoms with Gasteiger partial charge in [0.1, 0.15) is 5.75 Å². The molecular formula is C12H17NOS. The predicted octanol–water partition coefficient (Wildman–Crippen LogP) is 3.51. The van der Waals surface area contributed by atoms with Crippen LogP contribution in [0, 0.1) is 5.41 Å². The third-order valence-corrected chi connectivity index (χ3v) is 2.97. The van der Waals surface area contributed by atoms with Crippen molar-refractivity contribution in [2.24, 2.45) is 0 Å². The Kier molecular flexibility index (Phi) is 4.21. The number of hydrogen-bond acceptors (Lipinski definition) is 3. The molecule has 3 heteroatoms. The Balaban J connectivity index is 3.19. The fourth-order valence-corrected chi connectivity index (χ4v) is 1.75. The lowest BCUT2D eigenvalue weighted by Gasteiger charge is -2.12. The van der Waals surface area contributed by atoms with Gasteiger partial charge in [-0.25, -0.2) is 0 Å². The van der Waals surface area contributed by atoms with Gasteiger partial charge in [-0.2, -0.15) is 0 Å². The van der Waals surface area contributed by atoms with Gasteiger partial charge in [-0.3, -0.25) is 5.41 Å². The van der Waals surface area contributed by atoms with Crippen molar-refractivity contribution in [1.29, 1.82) is 5.41 Å². The summed E-state index contributed by atoms with van der Waals surface area (Å²) in [7, 11) is 1.64. The predicted molar refractivity (Wildman–Crippen MR) is 67.4 cm³/mol. The lowest BCUT2D eigenvalue weighted by Crippen LogP contribution is -2.00. The molecular weight excluding hydrogens is 206 g/mol. The van der Waals surface area contributed by atoms with E-state index < -0.39 is 0 Å². The molecule has 0 aliphatic heterocycles. The lowest BCUT2D eigenvalue weighted by atomic mass is 10.0. The van der Waals surface area contributed by atoms with Crippen LogP contribution in [0.1, 0.15) is 30.9 Å². The van der Waals surface area contributed by atoms with Crippen LogP contribution in [0.2, 0.25) is 0 Å². The minimum atomic E-state index is 0.476. The molecule has 0 unspecified atom stereocenters. The van der Waals surface area contributed by atoms with Crippen LogP contribution < -0.4 is 4.74 Å². The fraction of sp³-hybridized carbons (Fsp3) is 0.417. The summed E-state index contributed by atoms with van der Waals surface area (Å²) in [5.74, 6) is 1.25. The van der Waals surface area contributed by atoms with Crippen molar-refractivity contribution in [3.8, 4) is 5.75 Å². The third-order valence-electron chi connectivity index (χ3n) is 2.34. The molecule has 0 saturated carbocycles. The van der Waals surface area contributed by atoms with E-state index >= 15 is 0 Å². The van der Waals surface area contributed by atoms with Crippen molar-refractivity contribution in [3.63, 3.8) is 0 Å². The first-order chi connectivity index (χ1) is 7.10. The second-order valence-electron chi connectivity index (χ2n) is 3.65. The van der Waals surface area contributed by atoms with Crippen molar-refractivity contribution in [2.75, 3.05) is 13.4 Å². The molecule has 0 radical (unpaired) electrons. The van der Waals surface area contributed by atoms with E-state index in [1.54, 1.807) is 7.11 Å². The summed E-state index contributed by atoms with van der Waals surface area (Å²) >= 11 is 1.43. The molecule has 0 saturated heterocycles. The number of ether oxygens (including phenoxy) is 1. The fourth-order valence-electron chi connectivity index (χ4n) is 1.37. The number of rotatable bonds is 3. The highest BCUT2D eigenvalue weighted by Gasteiger charge is 2.10. The molecule has 0 aliphatic carbocycles. The Hall–Kier alpha value is -0.960. The van der Waals surface area contributed by atoms with Crippen molar-refractivity contribution in [3.05, 3.63) is 29.3 Å². The van der Waals surface area contributed by atoms with Crippen LogP contribution in [-0.2, 0) is 0 Å². The summed E-state index contributed by atoms with van der Waals surface area (Å²) in [5.41, 5.74) is 2.13. The number of benzene rings is 1. The maximum absolute atomic E-state index is 7.84. The van der Waals surface area contributed by atoms with E-state index in [4.69, 9.17) is 10.1 Å². The van der Waals surface area contributed by atoms with E-state index in [0.29, 0.717) is 11.0 Å². The Morgan fingerprint density at radius 1 is 1.40 bits per heavy atom. The van der Waals surface area contributed by atoms with Crippen molar-refractivity contribution >= 4 is 16.8 Å². The summed E-state index contributed by atoms with van der Waals surface area (Å²) < 4.78 is 5.25. The lowest BCUT2D eigenvalue weighted by molar-refractivity contribution is 0.414. The maximum atomic E-state index is 7.84. The summed E-state index contributed by atoms with van der Waals surface area (Å²) in [6, 6.07) is 6.04. The second-order valence-corrected chi connectivity index (χ2v) is 4.46. The average molecular weight is 223 g/mol. The second kappa shape index (κ2) is 5.21. The molecule has 1 N–H and O–H groups in total. The van der Waals surface area contributed by atoms with E-state index in [2.05, 4.69) is 19.9 Å². The van der Waals surface area contributed by atoms with Gasteiger partial charge in [0.15, 0.2) is 0 Å². The maximum Gasteiger partial charge on any atom is 0.128 e. The summed E-state index contributed by atoms with van der Waals surface area (Å²) in [5, 5.41) is 8.39. The Morgan fingerprint density at radius 2 is 2.07 bits per heavy atom. The van der Waals surface area contributed by atoms with Crippen LogP contribution in [-0.4, -0.2) is 18.4 Å². The molecule has 0 heterocycles. The molecule has 1 aromatic rings. The highest BCUT2D eigenvalue weighted by molar-refractivity contribution is 8.13. The van der Waals surface area contributed by atoms with Crippen molar-refractivity contribution < 1.29 is 4.74 Å². The number of nitrogens with one attached hydrogen (secondary N) is 1. The molecule has 82 valence electrons. The zero-order valence-electron chi connectivity index (χ0n) is 9.63. The minimum absolute atomic E-state index is 0.476. The van der Waals surface area contributed by atoms with Gasteiger partial charge in [-0.1, -0.05) is 19.9 Å². The summed E-state index contributed by atoms with van der Waals surface area (Å²) in [6.45, 7) is 4.29. The minimum Gasteiger partial charge on any atom is -0.496 e. The molecule has 0 aromatic heterocycles. The molecule has 1 rings (SSSR count). The molecule has 0 amide bonds.